The summed E-state index contributed by atoms with van der Waals surface area (Å²) in [6.07, 6.45) is 1.81. The maximum absolute atomic E-state index is 12.8. The van der Waals surface area contributed by atoms with Crippen molar-refractivity contribution >= 4 is 28.3 Å². The maximum Gasteiger partial charge on any atom is 0.255 e. The Labute approximate surface area is 179 Å². The van der Waals surface area contributed by atoms with Gasteiger partial charge in [0, 0.05) is 30.5 Å². The summed E-state index contributed by atoms with van der Waals surface area (Å²) in [5.74, 6) is 0.0751. The number of nitrogens with zero attached hydrogens (tertiary/aromatic N) is 2. The third-order valence-electron chi connectivity index (χ3n) is 4.38. The Bertz CT molecular complexity index is 1020. The molecule has 0 aliphatic carbocycles. The quantitative estimate of drug-likeness (QED) is 0.527. The van der Waals surface area contributed by atoms with Gasteiger partial charge in [-0.05, 0) is 12.1 Å². The van der Waals surface area contributed by atoms with Crippen molar-refractivity contribution in [2.75, 3.05) is 25.1 Å². The van der Waals surface area contributed by atoms with E-state index in [0.717, 1.165) is 11.3 Å². The van der Waals surface area contributed by atoms with Crippen LogP contribution in [0.15, 0.2) is 72.6 Å². The van der Waals surface area contributed by atoms with Crippen molar-refractivity contribution in [1.29, 1.82) is 0 Å². The van der Waals surface area contributed by atoms with Gasteiger partial charge >= 0.3 is 0 Å². The molecular formula is C23H23N3O3S. The van der Waals surface area contributed by atoms with Crippen LogP contribution in [0.5, 0.6) is 5.75 Å². The fraction of sp³-hybridized carbons (Fsp3) is 0.174. The van der Waals surface area contributed by atoms with Gasteiger partial charge in [0.1, 0.15) is 5.75 Å². The Balaban J connectivity index is 1.63. The smallest absolute Gasteiger partial charge is 0.255 e. The summed E-state index contributed by atoms with van der Waals surface area (Å²) in [4.78, 5) is 31.4. The second-order valence-electron chi connectivity index (χ2n) is 6.38. The van der Waals surface area contributed by atoms with Crippen LogP contribution in [-0.4, -0.2) is 37.0 Å². The number of aromatic nitrogens is 1. The van der Waals surface area contributed by atoms with E-state index in [9.17, 15) is 9.59 Å². The monoisotopic (exact) mass is 421 g/mol. The van der Waals surface area contributed by atoms with E-state index in [1.807, 2.05) is 35.7 Å². The van der Waals surface area contributed by atoms with Gasteiger partial charge < -0.3 is 10.1 Å². The van der Waals surface area contributed by atoms with Gasteiger partial charge in [-0.2, -0.15) is 0 Å². The normalized spacial score (nSPS) is 10.3. The lowest BCUT2D eigenvalue weighted by molar-refractivity contribution is -0.118. The molecule has 2 amide bonds. The predicted octanol–water partition coefficient (Wildman–Crippen LogP) is 4.16. The van der Waals surface area contributed by atoms with Crippen LogP contribution in [0.2, 0.25) is 0 Å². The average molecular weight is 422 g/mol. The zero-order chi connectivity index (χ0) is 21.3. The van der Waals surface area contributed by atoms with E-state index >= 15 is 0 Å². The number of para-hydroxylation sites is 1. The van der Waals surface area contributed by atoms with Crippen LogP contribution in [0.25, 0.3) is 11.3 Å². The zero-order valence-corrected chi connectivity index (χ0v) is 17.5. The number of amides is 2. The van der Waals surface area contributed by atoms with Crippen LogP contribution >= 0.6 is 11.3 Å². The van der Waals surface area contributed by atoms with Gasteiger partial charge in [-0.1, -0.05) is 48.5 Å². The molecular weight excluding hydrogens is 398 g/mol. The molecule has 30 heavy (non-hydrogen) atoms. The molecule has 154 valence electrons. The first-order valence-electron chi connectivity index (χ1n) is 9.47. The van der Waals surface area contributed by atoms with Crippen molar-refractivity contribution in [3.63, 3.8) is 0 Å². The maximum atomic E-state index is 12.8. The lowest BCUT2D eigenvalue weighted by Gasteiger charge is -2.18. The highest BCUT2D eigenvalue weighted by atomic mass is 32.1. The van der Waals surface area contributed by atoms with Gasteiger partial charge in [0.15, 0.2) is 5.13 Å². The fourth-order valence-electron chi connectivity index (χ4n) is 2.89. The highest BCUT2D eigenvalue weighted by Crippen LogP contribution is 2.27. The molecule has 3 rings (SSSR count). The molecule has 0 aliphatic heterocycles. The Hall–Kier alpha value is -3.45. The molecule has 1 N–H and O–H groups in total. The first kappa shape index (κ1) is 21.3. The van der Waals surface area contributed by atoms with Crippen molar-refractivity contribution in [1.82, 2.24) is 10.3 Å². The van der Waals surface area contributed by atoms with Crippen molar-refractivity contribution in [3.05, 3.63) is 78.2 Å². The number of ether oxygens (including phenoxy) is 1. The molecule has 3 aromatic rings. The van der Waals surface area contributed by atoms with Gasteiger partial charge in [0.25, 0.3) is 5.91 Å². The van der Waals surface area contributed by atoms with Gasteiger partial charge in [-0.3, -0.25) is 14.5 Å². The summed E-state index contributed by atoms with van der Waals surface area (Å²) in [6.45, 7) is 4.30. The first-order chi connectivity index (χ1) is 14.6. The molecule has 0 aliphatic rings. The lowest BCUT2D eigenvalue weighted by Crippen LogP contribution is -2.34. The van der Waals surface area contributed by atoms with Crippen LogP contribution in [0.1, 0.15) is 16.8 Å². The number of thiazole rings is 1. The molecule has 0 spiro atoms. The molecule has 0 saturated heterocycles. The van der Waals surface area contributed by atoms with Gasteiger partial charge in [-0.15, -0.1) is 17.9 Å². The lowest BCUT2D eigenvalue weighted by atomic mass is 10.2. The molecule has 7 heteroatoms. The van der Waals surface area contributed by atoms with E-state index in [4.69, 9.17) is 4.74 Å². The number of methoxy groups -OCH3 is 1. The van der Waals surface area contributed by atoms with Gasteiger partial charge in [0.05, 0.1) is 18.4 Å². The number of nitrogens with one attached hydrogen (secondary N) is 1. The van der Waals surface area contributed by atoms with Crippen molar-refractivity contribution in [2.45, 2.75) is 6.42 Å². The molecule has 1 heterocycles. The summed E-state index contributed by atoms with van der Waals surface area (Å²) in [6, 6.07) is 16.8. The second kappa shape index (κ2) is 10.4. The predicted molar refractivity (Wildman–Crippen MR) is 120 cm³/mol. The molecule has 0 atom stereocenters. The van der Waals surface area contributed by atoms with E-state index in [1.54, 1.807) is 35.2 Å². The molecule has 0 bridgehead atoms. The van der Waals surface area contributed by atoms with Gasteiger partial charge in [-0.25, -0.2) is 4.98 Å². The molecule has 0 radical (unpaired) electrons. The van der Waals surface area contributed by atoms with Crippen LogP contribution in [-0.2, 0) is 4.79 Å². The Morgan fingerprint density at radius 3 is 2.63 bits per heavy atom. The van der Waals surface area contributed by atoms with E-state index in [2.05, 4.69) is 16.9 Å². The number of anilines is 1. The Morgan fingerprint density at radius 2 is 1.90 bits per heavy atom. The largest absolute Gasteiger partial charge is 0.496 e. The average Bonchev–Trinajstić information content (AvgIpc) is 3.27. The first-order valence-corrected chi connectivity index (χ1v) is 10.4. The molecule has 6 nitrogen and oxygen atoms in total. The number of benzene rings is 2. The second-order valence-corrected chi connectivity index (χ2v) is 7.22. The van der Waals surface area contributed by atoms with Crippen LogP contribution in [0, 0.1) is 0 Å². The fourth-order valence-corrected chi connectivity index (χ4v) is 3.75. The van der Waals surface area contributed by atoms with Crippen molar-refractivity contribution in [3.8, 4) is 17.0 Å². The zero-order valence-electron chi connectivity index (χ0n) is 16.7. The van der Waals surface area contributed by atoms with Crippen LogP contribution in [0.4, 0.5) is 5.13 Å². The summed E-state index contributed by atoms with van der Waals surface area (Å²) >= 11 is 1.40. The van der Waals surface area contributed by atoms with Crippen molar-refractivity contribution in [2.24, 2.45) is 0 Å². The van der Waals surface area contributed by atoms with E-state index in [0.29, 0.717) is 23.0 Å². The van der Waals surface area contributed by atoms with Crippen LogP contribution < -0.4 is 15.0 Å². The van der Waals surface area contributed by atoms with E-state index in [-0.39, 0.29) is 24.8 Å². The number of hydrogen-bond donors (Lipinski definition) is 1. The minimum atomic E-state index is -0.281. The number of rotatable bonds is 9. The standard InChI is InChI=1S/C23H23N3O3S/c1-3-15-26(23-25-19(16-30-23)17-9-5-4-6-10-17)21(27)13-14-24-22(28)18-11-7-8-12-20(18)29-2/h3-12,16H,1,13-15H2,2H3,(H,24,28). The van der Waals surface area contributed by atoms with E-state index < -0.39 is 0 Å². The molecule has 2 aromatic carbocycles. The highest BCUT2D eigenvalue weighted by Gasteiger charge is 2.19. The molecule has 0 fully saturated rings. The summed E-state index contributed by atoms with van der Waals surface area (Å²) in [5.41, 5.74) is 2.25. The third kappa shape index (κ3) is 5.12. The van der Waals surface area contributed by atoms with E-state index in [1.165, 1.54) is 18.4 Å². The third-order valence-corrected chi connectivity index (χ3v) is 5.24. The van der Waals surface area contributed by atoms with Crippen LogP contribution in [0.3, 0.4) is 0 Å². The molecule has 0 saturated carbocycles. The molecule has 0 unspecified atom stereocenters. The number of carbonyl (C=O) groups is 2. The summed E-state index contributed by atoms with van der Waals surface area (Å²) < 4.78 is 5.21. The SMILES string of the molecule is C=CCN(C(=O)CCNC(=O)c1ccccc1OC)c1nc(-c2ccccc2)cs1. The number of hydrogen-bond acceptors (Lipinski definition) is 5. The molecule has 1 aromatic heterocycles. The Kier molecular flexibility index (Phi) is 7.34. The summed E-state index contributed by atoms with van der Waals surface area (Å²) in [7, 11) is 1.51. The Morgan fingerprint density at radius 1 is 1.17 bits per heavy atom. The minimum Gasteiger partial charge on any atom is -0.496 e. The summed E-state index contributed by atoms with van der Waals surface area (Å²) in [5, 5.41) is 5.31. The highest BCUT2D eigenvalue weighted by molar-refractivity contribution is 7.14. The minimum absolute atomic E-state index is 0.135. The van der Waals surface area contributed by atoms with Crippen molar-refractivity contribution < 1.29 is 14.3 Å². The number of carbonyl (C=O) groups excluding carboxylic acids is 2. The topological polar surface area (TPSA) is 71.5 Å². The van der Waals surface area contributed by atoms with Gasteiger partial charge in [0.2, 0.25) is 5.91 Å².